The fourth-order valence-electron chi connectivity index (χ4n) is 3.97. The van der Waals surface area contributed by atoms with Gasteiger partial charge in [-0.3, -0.25) is 4.57 Å². The second-order valence-electron chi connectivity index (χ2n) is 10.5. The molecule has 0 spiro atoms. The first-order chi connectivity index (χ1) is 15.2. The van der Waals surface area contributed by atoms with E-state index in [0.717, 1.165) is 22.4 Å². The van der Waals surface area contributed by atoms with Gasteiger partial charge in [0.15, 0.2) is 0 Å². The molecule has 33 heavy (non-hydrogen) atoms. The number of phenolic OH excluding ortho intramolecular Hbond substituents is 1. The van der Waals surface area contributed by atoms with Crippen molar-refractivity contribution in [2.45, 2.75) is 79.2 Å². The van der Waals surface area contributed by atoms with Gasteiger partial charge in [0.1, 0.15) is 12.0 Å². The molecule has 1 atom stereocenters. The van der Waals surface area contributed by atoms with Crippen molar-refractivity contribution in [1.82, 2.24) is 0 Å². The largest absolute Gasteiger partial charge is 0.507 e. The van der Waals surface area contributed by atoms with Crippen LogP contribution in [-0.2, 0) is 24.4 Å². The van der Waals surface area contributed by atoms with Gasteiger partial charge in [-0.2, -0.15) is 0 Å². The number of nitrogens with zero attached hydrogens (tertiary/aromatic N) is 1. The van der Waals surface area contributed by atoms with E-state index in [2.05, 4.69) is 65.5 Å². The highest BCUT2D eigenvalue weighted by molar-refractivity contribution is 7.54. The molecule has 0 heterocycles. The zero-order chi connectivity index (χ0) is 25.0. The van der Waals surface area contributed by atoms with Crippen molar-refractivity contribution in [2.24, 2.45) is 0 Å². The molecule has 0 fully saturated rings. The maximum Gasteiger partial charge on any atom is 0.349 e. The van der Waals surface area contributed by atoms with Gasteiger partial charge in [-0.05, 0) is 49.3 Å². The zero-order valence-corrected chi connectivity index (χ0v) is 22.7. The number of hydrogen-bond acceptors (Lipinski definition) is 5. The van der Waals surface area contributed by atoms with Crippen molar-refractivity contribution in [2.75, 3.05) is 24.4 Å². The highest BCUT2D eigenvalue weighted by Crippen LogP contribution is 2.52. The molecule has 0 amide bonds. The molecule has 0 bridgehead atoms. The quantitative estimate of drug-likeness (QED) is 0.375. The van der Waals surface area contributed by atoms with E-state index >= 15 is 0 Å². The van der Waals surface area contributed by atoms with Gasteiger partial charge in [0, 0.05) is 16.8 Å². The molecule has 0 aliphatic heterocycles. The zero-order valence-electron chi connectivity index (χ0n) is 21.8. The van der Waals surface area contributed by atoms with Gasteiger partial charge in [0.05, 0.1) is 19.3 Å². The van der Waals surface area contributed by atoms with E-state index in [9.17, 15) is 9.67 Å². The Balaban J connectivity index is 2.76. The van der Waals surface area contributed by atoms with Gasteiger partial charge in [0.25, 0.3) is 0 Å². The highest BCUT2D eigenvalue weighted by Gasteiger charge is 2.33. The second kappa shape index (κ2) is 10.6. The van der Waals surface area contributed by atoms with Crippen molar-refractivity contribution < 1.29 is 18.7 Å². The third-order valence-electron chi connectivity index (χ3n) is 5.77. The molecule has 184 valence electrons. The standard InChI is InChI=1S/C27H42NO4P/c1-10-31-33(30,32-11-2)19-28(20(3)21-15-13-12-14-16-21)22-17-23(26(4,5)6)25(29)24(18-22)27(7,8)9/h12-18,20,29H,10-11,19H2,1-9H3. The molecule has 6 heteroatoms. The topological polar surface area (TPSA) is 59.0 Å². The summed E-state index contributed by atoms with van der Waals surface area (Å²) in [4.78, 5) is 2.09. The lowest BCUT2D eigenvalue weighted by Crippen LogP contribution is -2.30. The fourth-order valence-corrected chi connectivity index (χ4v) is 5.77. The molecule has 5 nitrogen and oxygen atoms in total. The van der Waals surface area contributed by atoms with E-state index in [-0.39, 0.29) is 23.2 Å². The summed E-state index contributed by atoms with van der Waals surface area (Å²) in [5.41, 5.74) is 3.16. The van der Waals surface area contributed by atoms with Crippen LogP contribution in [0.1, 0.15) is 85.0 Å². The number of phenols is 1. The Bertz CT molecular complexity index is 915. The van der Waals surface area contributed by atoms with Crippen LogP contribution in [0.3, 0.4) is 0 Å². The minimum Gasteiger partial charge on any atom is -0.507 e. The predicted octanol–water partition coefficient (Wildman–Crippen LogP) is 7.78. The van der Waals surface area contributed by atoms with Crippen molar-refractivity contribution in [3.8, 4) is 5.75 Å². The summed E-state index contributed by atoms with van der Waals surface area (Å²) in [5.74, 6) is 0.323. The van der Waals surface area contributed by atoms with Crippen LogP contribution >= 0.6 is 7.60 Å². The second-order valence-corrected chi connectivity index (χ2v) is 12.6. The molecule has 0 saturated carbocycles. The molecule has 0 radical (unpaired) electrons. The van der Waals surface area contributed by atoms with Gasteiger partial charge in [-0.15, -0.1) is 0 Å². The molecule has 0 aromatic heterocycles. The Morgan fingerprint density at radius 2 is 1.36 bits per heavy atom. The average molecular weight is 476 g/mol. The minimum atomic E-state index is -3.38. The van der Waals surface area contributed by atoms with E-state index in [1.807, 2.05) is 44.2 Å². The van der Waals surface area contributed by atoms with Crippen LogP contribution in [0.2, 0.25) is 0 Å². The van der Waals surface area contributed by atoms with Crippen molar-refractivity contribution in [1.29, 1.82) is 0 Å². The van der Waals surface area contributed by atoms with Gasteiger partial charge in [0.2, 0.25) is 0 Å². The third kappa shape index (κ3) is 6.85. The lowest BCUT2D eigenvalue weighted by atomic mass is 9.79. The summed E-state index contributed by atoms with van der Waals surface area (Å²) in [7, 11) is -3.38. The van der Waals surface area contributed by atoms with E-state index in [1.165, 1.54) is 0 Å². The number of hydrogen-bond donors (Lipinski definition) is 1. The van der Waals surface area contributed by atoms with Crippen LogP contribution < -0.4 is 4.90 Å². The lowest BCUT2D eigenvalue weighted by Gasteiger charge is -2.36. The molecule has 0 aliphatic carbocycles. The molecular weight excluding hydrogens is 433 g/mol. The fraction of sp³-hybridized carbons (Fsp3) is 0.556. The average Bonchev–Trinajstić information content (AvgIpc) is 2.71. The molecule has 2 aromatic rings. The highest BCUT2D eigenvalue weighted by atomic mass is 31.2. The number of benzene rings is 2. The summed E-state index contributed by atoms with van der Waals surface area (Å²) in [5, 5.41) is 11.2. The first kappa shape index (κ1) is 27.4. The third-order valence-corrected chi connectivity index (χ3v) is 7.72. The van der Waals surface area contributed by atoms with Gasteiger partial charge < -0.3 is 19.1 Å². The van der Waals surface area contributed by atoms with Crippen LogP contribution in [0, 0.1) is 0 Å². The Morgan fingerprint density at radius 1 is 0.909 bits per heavy atom. The van der Waals surface area contributed by atoms with Crippen molar-refractivity contribution in [3.05, 3.63) is 59.2 Å². The minimum absolute atomic E-state index is 0.0920. The molecule has 1 unspecified atom stereocenters. The summed E-state index contributed by atoms with van der Waals surface area (Å²) in [6.45, 7) is 18.9. The van der Waals surface area contributed by atoms with Crippen LogP contribution in [0.4, 0.5) is 5.69 Å². The van der Waals surface area contributed by atoms with Gasteiger partial charge in [-0.1, -0.05) is 71.9 Å². The summed E-state index contributed by atoms with van der Waals surface area (Å²) >= 11 is 0. The maximum atomic E-state index is 13.6. The number of anilines is 1. The summed E-state index contributed by atoms with van der Waals surface area (Å²) < 4.78 is 25.0. The van der Waals surface area contributed by atoms with E-state index < -0.39 is 7.60 Å². The van der Waals surface area contributed by atoms with Crippen LogP contribution in [0.15, 0.2) is 42.5 Å². The van der Waals surface area contributed by atoms with Crippen molar-refractivity contribution in [3.63, 3.8) is 0 Å². The molecule has 0 aliphatic rings. The van der Waals surface area contributed by atoms with E-state index in [1.54, 1.807) is 0 Å². The smallest absolute Gasteiger partial charge is 0.349 e. The Labute approximate surface area is 200 Å². The van der Waals surface area contributed by atoms with Crippen LogP contribution in [0.25, 0.3) is 0 Å². The van der Waals surface area contributed by atoms with Crippen molar-refractivity contribution >= 4 is 13.3 Å². The molecule has 2 aromatic carbocycles. The van der Waals surface area contributed by atoms with Crippen LogP contribution in [0.5, 0.6) is 5.75 Å². The van der Waals surface area contributed by atoms with E-state index in [0.29, 0.717) is 19.0 Å². The SMILES string of the molecule is CCOP(=O)(CN(c1cc(C(C)(C)C)c(O)c(C(C)(C)C)c1)C(C)c1ccccc1)OCC. The van der Waals surface area contributed by atoms with E-state index in [4.69, 9.17) is 9.05 Å². The molecule has 0 saturated heterocycles. The van der Waals surface area contributed by atoms with Gasteiger partial charge >= 0.3 is 7.60 Å². The number of aromatic hydroxyl groups is 1. The predicted molar refractivity (Wildman–Crippen MR) is 139 cm³/mol. The number of rotatable bonds is 9. The maximum absolute atomic E-state index is 13.6. The molecule has 2 rings (SSSR count). The lowest BCUT2D eigenvalue weighted by molar-refractivity contribution is 0.219. The first-order valence-electron chi connectivity index (χ1n) is 11.8. The Hall–Kier alpha value is -1.81. The summed E-state index contributed by atoms with van der Waals surface area (Å²) in [6.07, 6.45) is 0.114. The monoisotopic (exact) mass is 475 g/mol. The first-order valence-corrected chi connectivity index (χ1v) is 13.5. The Kier molecular flexibility index (Phi) is 8.84. The normalized spacial score (nSPS) is 13.7. The van der Waals surface area contributed by atoms with Gasteiger partial charge in [-0.25, -0.2) is 0 Å². The molecule has 1 N–H and O–H groups in total. The molecular formula is C27H42NO4P. The van der Waals surface area contributed by atoms with Crippen LogP contribution in [-0.4, -0.2) is 24.6 Å². The Morgan fingerprint density at radius 3 is 1.76 bits per heavy atom. The summed E-state index contributed by atoms with van der Waals surface area (Å²) in [6, 6.07) is 14.1.